The number of halogens is 3. The summed E-state index contributed by atoms with van der Waals surface area (Å²) in [5.41, 5.74) is -0.108. The molecule has 0 radical (unpaired) electrons. The summed E-state index contributed by atoms with van der Waals surface area (Å²) in [6, 6.07) is 5.41. The van der Waals surface area contributed by atoms with E-state index in [4.69, 9.17) is 4.74 Å². The first kappa shape index (κ1) is 20.6. The van der Waals surface area contributed by atoms with Gasteiger partial charge in [-0.2, -0.15) is 13.2 Å². The number of alkyl halides is 3. The smallest absolute Gasteiger partial charge is 0.433 e. The fourth-order valence-corrected chi connectivity index (χ4v) is 2.33. The molecule has 2 rings (SSSR count). The van der Waals surface area contributed by atoms with E-state index in [1.165, 1.54) is 17.2 Å². The Kier molecular flexibility index (Phi) is 7.12. The van der Waals surface area contributed by atoms with Crippen molar-refractivity contribution in [2.24, 2.45) is 0 Å². The predicted octanol–water partition coefficient (Wildman–Crippen LogP) is 3.58. The summed E-state index contributed by atoms with van der Waals surface area (Å²) in [7, 11) is 0. The minimum Gasteiger partial charge on any atom is -0.444 e. The first-order valence-corrected chi connectivity index (χ1v) is 8.33. The van der Waals surface area contributed by atoms with Gasteiger partial charge < -0.3 is 14.7 Å². The van der Waals surface area contributed by atoms with Crippen molar-refractivity contribution >= 4 is 6.09 Å². The molecule has 2 heterocycles. The largest absolute Gasteiger partial charge is 0.444 e. The van der Waals surface area contributed by atoms with Crippen molar-refractivity contribution in [1.82, 2.24) is 14.9 Å². The number of ether oxygens (including phenoxy) is 1. The number of aromatic nitrogens is 2. The highest BCUT2D eigenvalue weighted by Crippen LogP contribution is 2.27. The standard InChI is InChI=1S/C18H20F3N3O3/c1-2-8-24(11-15(25)14-4-3-7-22-10-14)17(26)27-12-13-5-6-16(23-9-13)18(19,20)21/h3-7,9-10,15,25H,2,8,11-12H2,1H3. The zero-order valence-electron chi connectivity index (χ0n) is 14.7. The molecule has 0 aliphatic rings. The Bertz CT molecular complexity index is 724. The molecule has 2 aromatic heterocycles. The zero-order valence-corrected chi connectivity index (χ0v) is 14.7. The molecule has 1 atom stereocenters. The topological polar surface area (TPSA) is 75.5 Å². The van der Waals surface area contributed by atoms with E-state index in [0.29, 0.717) is 24.1 Å². The van der Waals surface area contributed by atoms with Crippen LogP contribution in [0.15, 0.2) is 42.9 Å². The highest BCUT2D eigenvalue weighted by atomic mass is 19.4. The number of hydrogen-bond donors (Lipinski definition) is 1. The van der Waals surface area contributed by atoms with E-state index in [0.717, 1.165) is 12.3 Å². The highest BCUT2D eigenvalue weighted by molar-refractivity contribution is 5.67. The first-order chi connectivity index (χ1) is 12.8. The van der Waals surface area contributed by atoms with Crippen LogP contribution in [0.3, 0.4) is 0 Å². The van der Waals surface area contributed by atoms with Crippen molar-refractivity contribution in [3.8, 4) is 0 Å². The second-order valence-electron chi connectivity index (χ2n) is 5.85. The number of pyridine rings is 2. The predicted molar refractivity (Wildman–Crippen MR) is 90.5 cm³/mol. The van der Waals surface area contributed by atoms with Gasteiger partial charge in [0.05, 0.1) is 12.6 Å². The molecule has 27 heavy (non-hydrogen) atoms. The molecule has 146 valence electrons. The van der Waals surface area contributed by atoms with Crippen LogP contribution in [0.25, 0.3) is 0 Å². The second kappa shape index (κ2) is 9.31. The van der Waals surface area contributed by atoms with E-state index in [2.05, 4.69) is 9.97 Å². The first-order valence-electron chi connectivity index (χ1n) is 8.33. The van der Waals surface area contributed by atoms with Crippen molar-refractivity contribution in [2.75, 3.05) is 13.1 Å². The number of nitrogens with zero attached hydrogens (tertiary/aromatic N) is 3. The number of carbonyl (C=O) groups excluding carboxylic acids is 1. The van der Waals surface area contributed by atoms with Crippen molar-refractivity contribution in [2.45, 2.75) is 32.2 Å². The Morgan fingerprint density at radius 1 is 1.30 bits per heavy atom. The van der Waals surface area contributed by atoms with Gasteiger partial charge in [0.15, 0.2) is 0 Å². The third kappa shape index (κ3) is 6.21. The van der Waals surface area contributed by atoms with Crippen molar-refractivity contribution in [3.05, 3.63) is 59.7 Å². The van der Waals surface area contributed by atoms with Gasteiger partial charge in [0.1, 0.15) is 12.3 Å². The van der Waals surface area contributed by atoms with Crippen LogP contribution < -0.4 is 0 Å². The Labute approximate surface area is 154 Å². The van der Waals surface area contributed by atoms with Gasteiger partial charge in [0.25, 0.3) is 0 Å². The van der Waals surface area contributed by atoms with E-state index >= 15 is 0 Å². The van der Waals surface area contributed by atoms with E-state index in [9.17, 15) is 23.1 Å². The lowest BCUT2D eigenvalue weighted by atomic mass is 10.1. The lowest BCUT2D eigenvalue weighted by Gasteiger charge is -2.24. The van der Waals surface area contributed by atoms with E-state index in [1.807, 2.05) is 6.92 Å². The molecule has 0 saturated heterocycles. The van der Waals surface area contributed by atoms with E-state index in [1.54, 1.807) is 18.3 Å². The van der Waals surface area contributed by atoms with Crippen LogP contribution in [0.1, 0.15) is 36.3 Å². The van der Waals surface area contributed by atoms with Gasteiger partial charge in [-0.05, 0) is 18.6 Å². The van der Waals surface area contributed by atoms with Gasteiger partial charge in [-0.3, -0.25) is 9.97 Å². The fraction of sp³-hybridized carbons (Fsp3) is 0.389. The number of aliphatic hydroxyl groups is 1. The molecule has 1 unspecified atom stereocenters. The summed E-state index contributed by atoms with van der Waals surface area (Å²) in [5.74, 6) is 0. The monoisotopic (exact) mass is 383 g/mol. The summed E-state index contributed by atoms with van der Waals surface area (Å²) in [6.07, 6.45) is -1.36. The average Bonchev–Trinajstić information content (AvgIpc) is 2.66. The lowest BCUT2D eigenvalue weighted by molar-refractivity contribution is -0.141. The van der Waals surface area contributed by atoms with Crippen LogP contribution in [-0.4, -0.2) is 39.2 Å². The number of amides is 1. The van der Waals surface area contributed by atoms with Gasteiger partial charge in [0.2, 0.25) is 0 Å². The Balaban J connectivity index is 1.94. The van der Waals surface area contributed by atoms with Gasteiger partial charge in [0, 0.05) is 36.3 Å². The quantitative estimate of drug-likeness (QED) is 0.791. The molecule has 1 N–H and O–H groups in total. The van der Waals surface area contributed by atoms with Gasteiger partial charge >= 0.3 is 12.3 Å². The minimum atomic E-state index is -4.52. The average molecular weight is 383 g/mol. The zero-order chi connectivity index (χ0) is 19.9. The lowest BCUT2D eigenvalue weighted by Crippen LogP contribution is -2.35. The normalized spacial score (nSPS) is 12.5. The minimum absolute atomic E-state index is 0.0175. The molecule has 0 aromatic carbocycles. The summed E-state index contributed by atoms with van der Waals surface area (Å²) in [4.78, 5) is 20.9. The number of rotatable bonds is 7. The van der Waals surface area contributed by atoms with Crippen molar-refractivity contribution in [3.63, 3.8) is 0 Å². The molecule has 0 bridgehead atoms. The number of aliphatic hydroxyl groups excluding tert-OH is 1. The van der Waals surface area contributed by atoms with Crippen LogP contribution in [-0.2, 0) is 17.5 Å². The molecule has 0 aliphatic heterocycles. The second-order valence-corrected chi connectivity index (χ2v) is 5.85. The van der Waals surface area contributed by atoms with Gasteiger partial charge in [-0.1, -0.05) is 19.1 Å². The Morgan fingerprint density at radius 3 is 2.63 bits per heavy atom. The maximum atomic E-state index is 12.5. The molecule has 0 aliphatic carbocycles. The molecule has 2 aromatic rings. The maximum Gasteiger partial charge on any atom is 0.433 e. The summed E-state index contributed by atoms with van der Waals surface area (Å²) in [5, 5.41) is 10.3. The third-order valence-corrected chi connectivity index (χ3v) is 3.69. The van der Waals surface area contributed by atoms with Gasteiger partial charge in [-0.15, -0.1) is 0 Å². The van der Waals surface area contributed by atoms with Crippen LogP contribution in [0.5, 0.6) is 0 Å². The molecule has 1 amide bonds. The molecular weight excluding hydrogens is 363 g/mol. The van der Waals surface area contributed by atoms with Gasteiger partial charge in [-0.25, -0.2) is 4.79 Å². The number of hydrogen-bond acceptors (Lipinski definition) is 5. The van der Waals surface area contributed by atoms with Crippen molar-refractivity contribution < 1.29 is 27.8 Å². The van der Waals surface area contributed by atoms with E-state index < -0.39 is 24.1 Å². The SMILES string of the molecule is CCCN(CC(O)c1cccnc1)C(=O)OCc1ccc(C(F)(F)F)nc1. The molecular formula is C18H20F3N3O3. The third-order valence-electron chi connectivity index (χ3n) is 3.69. The van der Waals surface area contributed by atoms with Crippen LogP contribution in [0.2, 0.25) is 0 Å². The van der Waals surface area contributed by atoms with Crippen LogP contribution in [0, 0.1) is 0 Å². The molecule has 0 saturated carbocycles. The highest BCUT2D eigenvalue weighted by Gasteiger charge is 2.32. The summed E-state index contributed by atoms with van der Waals surface area (Å²) < 4.78 is 42.7. The van der Waals surface area contributed by atoms with Crippen molar-refractivity contribution in [1.29, 1.82) is 0 Å². The number of carbonyl (C=O) groups is 1. The van der Waals surface area contributed by atoms with E-state index in [-0.39, 0.29) is 13.2 Å². The Morgan fingerprint density at radius 2 is 2.07 bits per heavy atom. The van der Waals surface area contributed by atoms with Crippen LogP contribution in [0.4, 0.5) is 18.0 Å². The summed E-state index contributed by atoms with van der Waals surface area (Å²) in [6.45, 7) is 2.04. The fourth-order valence-electron chi connectivity index (χ4n) is 2.33. The Hall–Kier alpha value is -2.68. The molecule has 0 spiro atoms. The molecule has 9 heteroatoms. The summed E-state index contributed by atoms with van der Waals surface area (Å²) >= 11 is 0. The van der Waals surface area contributed by atoms with Crippen LogP contribution >= 0.6 is 0 Å². The molecule has 6 nitrogen and oxygen atoms in total. The molecule has 0 fully saturated rings. The maximum absolute atomic E-state index is 12.5.